The summed E-state index contributed by atoms with van der Waals surface area (Å²) in [5.74, 6) is -0.191. The van der Waals surface area contributed by atoms with Crippen LogP contribution in [0, 0.1) is 0 Å². The lowest BCUT2D eigenvalue weighted by Crippen LogP contribution is -2.44. The molecule has 27 heavy (non-hydrogen) atoms. The molecule has 2 aliphatic rings. The lowest BCUT2D eigenvalue weighted by atomic mass is 9.87. The van der Waals surface area contributed by atoms with E-state index in [-0.39, 0.29) is 23.7 Å². The summed E-state index contributed by atoms with van der Waals surface area (Å²) in [5, 5.41) is 3.25. The number of amides is 1. The molecule has 2 aromatic rings. The Hall–Kier alpha value is -2.17. The minimum atomic E-state index is -0.377. The van der Waals surface area contributed by atoms with Crippen LogP contribution in [0.5, 0.6) is 0 Å². The monoisotopic (exact) mass is 365 g/mol. The number of hydrogen-bond acceptors (Lipinski definition) is 3. The predicted octanol–water partition coefficient (Wildman–Crippen LogP) is 4.01. The molecule has 1 amide bonds. The van der Waals surface area contributed by atoms with Gasteiger partial charge in [-0.15, -0.1) is 0 Å². The van der Waals surface area contributed by atoms with Crippen LogP contribution in [-0.2, 0) is 14.3 Å². The SMILES string of the molecule is O=C(CC(c1ccccc1)c1ccccc1)NC1CCC2(CC1)OCCO2. The van der Waals surface area contributed by atoms with Crippen LogP contribution in [0.2, 0.25) is 0 Å². The Morgan fingerprint density at radius 2 is 1.44 bits per heavy atom. The van der Waals surface area contributed by atoms with Gasteiger partial charge in [0.15, 0.2) is 5.79 Å². The fourth-order valence-corrected chi connectivity index (χ4v) is 4.26. The van der Waals surface area contributed by atoms with E-state index in [0.29, 0.717) is 19.6 Å². The summed E-state index contributed by atoms with van der Waals surface area (Å²) in [6.07, 6.45) is 4.00. The first-order chi connectivity index (χ1) is 13.2. The molecule has 2 aromatic carbocycles. The van der Waals surface area contributed by atoms with E-state index in [1.807, 2.05) is 36.4 Å². The molecule has 4 rings (SSSR count). The van der Waals surface area contributed by atoms with Gasteiger partial charge in [-0.3, -0.25) is 4.79 Å². The highest BCUT2D eigenvalue weighted by atomic mass is 16.7. The van der Waals surface area contributed by atoms with Gasteiger partial charge in [0.2, 0.25) is 5.91 Å². The molecule has 4 heteroatoms. The smallest absolute Gasteiger partial charge is 0.221 e. The molecule has 1 saturated heterocycles. The van der Waals surface area contributed by atoms with Gasteiger partial charge in [0, 0.05) is 31.2 Å². The van der Waals surface area contributed by atoms with E-state index in [1.165, 1.54) is 11.1 Å². The molecule has 0 bridgehead atoms. The zero-order chi connectivity index (χ0) is 18.5. The van der Waals surface area contributed by atoms with Crippen molar-refractivity contribution in [1.82, 2.24) is 5.32 Å². The van der Waals surface area contributed by atoms with E-state index in [2.05, 4.69) is 29.6 Å². The molecule has 1 saturated carbocycles. The fourth-order valence-electron chi connectivity index (χ4n) is 4.26. The topological polar surface area (TPSA) is 47.6 Å². The largest absolute Gasteiger partial charge is 0.353 e. The van der Waals surface area contributed by atoms with Crippen LogP contribution in [0.15, 0.2) is 60.7 Å². The number of rotatable bonds is 5. The third-order valence-electron chi connectivity index (χ3n) is 5.72. The molecule has 1 aliphatic carbocycles. The van der Waals surface area contributed by atoms with Crippen LogP contribution in [0.4, 0.5) is 0 Å². The van der Waals surface area contributed by atoms with Crippen LogP contribution >= 0.6 is 0 Å². The quantitative estimate of drug-likeness (QED) is 0.871. The summed E-state index contributed by atoms with van der Waals surface area (Å²) in [7, 11) is 0. The molecule has 1 aliphatic heterocycles. The minimum absolute atomic E-state index is 0.0730. The summed E-state index contributed by atoms with van der Waals surface area (Å²) in [6, 6.07) is 20.8. The Labute approximate surface area is 160 Å². The second kappa shape index (κ2) is 8.24. The van der Waals surface area contributed by atoms with Gasteiger partial charge in [-0.2, -0.15) is 0 Å². The number of carbonyl (C=O) groups excluding carboxylic acids is 1. The van der Waals surface area contributed by atoms with Crippen LogP contribution < -0.4 is 5.32 Å². The molecule has 142 valence electrons. The second-order valence-electron chi connectivity index (χ2n) is 7.53. The normalized spacial score (nSPS) is 19.4. The van der Waals surface area contributed by atoms with Gasteiger partial charge < -0.3 is 14.8 Å². The fraction of sp³-hybridized carbons (Fsp3) is 0.435. The van der Waals surface area contributed by atoms with Crippen molar-refractivity contribution >= 4 is 5.91 Å². The third kappa shape index (κ3) is 4.40. The lowest BCUT2D eigenvalue weighted by molar-refractivity contribution is -0.180. The maximum Gasteiger partial charge on any atom is 0.221 e. The maximum atomic E-state index is 12.8. The molecule has 0 atom stereocenters. The molecule has 1 spiro atoms. The number of nitrogens with one attached hydrogen (secondary N) is 1. The number of carbonyl (C=O) groups is 1. The zero-order valence-electron chi connectivity index (χ0n) is 15.6. The summed E-state index contributed by atoms with van der Waals surface area (Å²) in [6.45, 7) is 1.37. The van der Waals surface area contributed by atoms with Gasteiger partial charge in [0.05, 0.1) is 13.2 Å². The Kier molecular flexibility index (Phi) is 5.55. The first kappa shape index (κ1) is 18.2. The van der Waals surface area contributed by atoms with Crippen LogP contribution in [-0.4, -0.2) is 30.9 Å². The van der Waals surface area contributed by atoms with Gasteiger partial charge in [-0.25, -0.2) is 0 Å². The van der Waals surface area contributed by atoms with Gasteiger partial charge in [-0.1, -0.05) is 60.7 Å². The number of hydrogen-bond donors (Lipinski definition) is 1. The lowest BCUT2D eigenvalue weighted by Gasteiger charge is -2.35. The van der Waals surface area contributed by atoms with Crippen molar-refractivity contribution in [2.45, 2.75) is 49.9 Å². The van der Waals surface area contributed by atoms with Crippen molar-refractivity contribution in [1.29, 1.82) is 0 Å². The second-order valence-corrected chi connectivity index (χ2v) is 7.53. The van der Waals surface area contributed by atoms with Crippen molar-refractivity contribution in [3.05, 3.63) is 71.8 Å². The molecule has 0 radical (unpaired) electrons. The van der Waals surface area contributed by atoms with E-state index in [4.69, 9.17) is 9.47 Å². The van der Waals surface area contributed by atoms with Gasteiger partial charge in [-0.05, 0) is 24.0 Å². The first-order valence-electron chi connectivity index (χ1n) is 9.91. The summed E-state index contributed by atoms with van der Waals surface area (Å²) in [5.41, 5.74) is 2.35. The first-order valence-corrected chi connectivity index (χ1v) is 9.91. The molecule has 1 N–H and O–H groups in total. The molecular weight excluding hydrogens is 338 g/mol. The van der Waals surface area contributed by atoms with E-state index in [1.54, 1.807) is 0 Å². The third-order valence-corrected chi connectivity index (χ3v) is 5.72. The van der Waals surface area contributed by atoms with E-state index >= 15 is 0 Å². The van der Waals surface area contributed by atoms with Crippen molar-refractivity contribution in [2.24, 2.45) is 0 Å². The number of benzene rings is 2. The van der Waals surface area contributed by atoms with Crippen molar-refractivity contribution in [3.8, 4) is 0 Å². The molecule has 0 aromatic heterocycles. The zero-order valence-corrected chi connectivity index (χ0v) is 15.6. The maximum absolute atomic E-state index is 12.8. The summed E-state index contributed by atoms with van der Waals surface area (Å²) >= 11 is 0. The Morgan fingerprint density at radius 3 is 1.96 bits per heavy atom. The Morgan fingerprint density at radius 1 is 0.926 bits per heavy atom. The molecule has 1 heterocycles. The van der Waals surface area contributed by atoms with Crippen LogP contribution in [0.1, 0.15) is 49.1 Å². The number of ether oxygens (including phenoxy) is 2. The summed E-state index contributed by atoms with van der Waals surface area (Å²) in [4.78, 5) is 12.8. The van der Waals surface area contributed by atoms with Crippen molar-refractivity contribution in [2.75, 3.05) is 13.2 Å². The molecular formula is C23H27NO3. The van der Waals surface area contributed by atoms with Gasteiger partial charge in [0.1, 0.15) is 0 Å². The average molecular weight is 365 g/mol. The van der Waals surface area contributed by atoms with Crippen molar-refractivity contribution in [3.63, 3.8) is 0 Å². The highest BCUT2D eigenvalue weighted by Crippen LogP contribution is 2.36. The Balaban J connectivity index is 1.39. The van der Waals surface area contributed by atoms with E-state index in [0.717, 1.165) is 25.7 Å². The average Bonchev–Trinajstić information content (AvgIpc) is 3.18. The highest BCUT2D eigenvalue weighted by Gasteiger charge is 2.40. The van der Waals surface area contributed by atoms with Crippen LogP contribution in [0.3, 0.4) is 0 Å². The highest BCUT2D eigenvalue weighted by molar-refractivity contribution is 5.78. The minimum Gasteiger partial charge on any atom is -0.353 e. The van der Waals surface area contributed by atoms with Gasteiger partial charge in [0.25, 0.3) is 0 Å². The molecule has 0 unspecified atom stereocenters. The standard InChI is InChI=1S/C23H27NO3/c25-22(24-20-11-13-23(14-12-20)26-15-16-27-23)17-21(18-7-3-1-4-8-18)19-9-5-2-6-10-19/h1-10,20-21H,11-17H2,(H,24,25). The van der Waals surface area contributed by atoms with E-state index < -0.39 is 0 Å². The molecule has 2 fully saturated rings. The van der Waals surface area contributed by atoms with Gasteiger partial charge >= 0.3 is 0 Å². The van der Waals surface area contributed by atoms with E-state index in [9.17, 15) is 4.79 Å². The van der Waals surface area contributed by atoms with Crippen molar-refractivity contribution < 1.29 is 14.3 Å². The Bertz CT molecular complexity index is 691. The van der Waals surface area contributed by atoms with Crippen LogP contribution in [0.25, 0.3) is 0 Å². The summed E-state index contributed by atoms with van der Waals surface area (Å²) < 4.78 is 11.6. The molecule has 4 nitrogen and oxygen atoms in total. The predicted molar refractivity (Wildman–Crippen MR) is 104 cm³/mol.